The highest BCUT2D eigenvalue weighted by Crippen LogP contribution is 2.18. The summed E-state index contributed by atoms with van der Waals surface area (Å²) in [5.41, 5.74) is 8.63. The Balaban J connectivity index is 1.97. The topological polar surface area (TPSA) is 74.3 Å². The average Bonchev–Trinajstić information content (AvgIpc) is 2.88. The first-order valence-corrected chi connectivity index (χ1v) is 7.27. The third-order valence-corrected chi connectivity index (χ3v) is 3.72. The van der Waals surface area contributed by atoms with Gasteiger partial charge in [-0.25, -0.2) is 4.98 Å². The number of nitrogens with one attached hydrogen (secondary N) is 3. The highest BCUT2D eigenvalue weighted by molar-refractivity contribution is 5.50. The Morgan fingerprint density at radius 1 is 1.24 bits per heavy atom. The van der Waals surface area contributed by atoms with Crippen LogP contribution in [0, 0.1) is 13.8 Å². The number of hydrogen-bond donors (Lipinski definition) is 3. The van der Waals surface area contributed by atoms with E-state index in [1.807, 2.05) is 32.8 Å². The molecule has 2 unspecified atom stereocenters. The lowest BCUT2D eigenvalue weighted by molar-refractivity contribution is 0.171. The molecule has 0 saturated carbocycles. The van der Waals surface area contributed by atoms with E-state index >= 15 is 0 Å². The summed E-state index contributed by atoms with van der Waals surface area (Å²) in [4.78, 5) is 11.0. The first kappa shape index (κ1) is 15.9. The van der Waals surface area contributed by atoms with Gasteiger partial charge in [0.1, 0.15) is 5.82 Å². The Labute approximate surface area is 126 Å². The normalized spacial score (nSPS) is 21.6. The van der Waals surface area contributed by atoms with Crippen LogP contribution in [0.2, 0.25) is 0 Å². The molecule has 0 aromatic carbocycles. The molecule has 1 aliphatic rings. The van der Waals surface area contributed by atoms with Gasteiger partial charge in [0.05, 0.1) is 6.61 Å². The number of hydrazine groups is 1. The summed E-state index contributed by atoms with van der Waals surface area (Å²) in [6, 6.07) is 0.731. The minimum absolute atomic E-state index is 0.364. The fourth-order valence-corrected chi connectivity index (χ4v) is 2.35. The summed E-state index contributed by atoms with van der Waals surface area (Å²) in [6.07, 6.45) is 1.03. The van der Waals surface area contributed by atoms with Crippen LogP contribution in [0.15, 0.2) is 0 Å². The zero-order valence-corrected chi connectivity index (χ0v) is 13.5. The molecule has 1 aromatic rings. The summed E-state index contributed by atoms with van der Waals surface area (Å²) in [7, 11) is 5.63. The van der Waals surface area contributed by atoms with Crippen LogP contribution in [0.25, 0.3) is 0 Å². The molecule has 1 fully saturated rings. The van der Waals surface area contributed by atoms with Crippen LogP contribution in [0.5, 0.6) is 0 Å². The van der Waals surface area contributed by atoms with Gasteiger partial charge in [-0.05, 0) is 20.3 Å². The van der Waals surface area contributed by atoms with Crippen LogP contribution in [0.3, 0.4) is 0 Å². The average molecular weight is 294 g/mol. The number of aromatic nitrogens is 2. The van der Waals surface area contributed by atoms with Crippen molar-refractivity contribution < 1.29 is 4.74 Å². The maximum Gasteiger partial charge on any atom is 0.227 e. The van der Waals surface area contributed by atoms with Crippen LogP contribution in [-0.4, -0.2) is 56.4 Å². The summed E-state index contributed by atoms with van der Waals surface area (Å²) in [5.74, 6) is 1.64. The van der Waals surface area contributed by atoms with Crippen molar-refractivity contribution in [2.45, 2.75) is 32.4 Å². The SMILES string of the molecule is COCC1CC(CNc2nc(N(C)C)nc(C)c2C)NN1. The molecule has 1 aromatic heterocycles. The molecule has 2 rings (SSSR count). The Kier molecular flexibility index (Phi) is 5.33. The zero-order chi connectivity index (χ0) is 15.4. The van der Waals surface area contributed by atoms with Gasteiger partial charge in [-0.1, -0.05) is 0 Å². The standard InChI is InChI=1S/C14H26N6O/c1-9-10(2)16-14(20(3)4)17-13(9)15-7-11-6-12(8-21-5)19-18-11/h11-12,18-19H,6-8H2,1-5H3,(H,15,16,17). The molecule has 0 aliphatic carbocycles. The van der Waals surface area contributed by atoms with Crippen LogP contribution in [0.4, 0.5) is 11.8 Å². The minimum atomic E-state index is 0.364. The Morgan fingerprint density at radius 2 is 1.95 bits per heavy atom. The molecule has 3 N–H and O–H groups in total. The second-order valence-corrected chi connectivity index (χ2v) is 5.73. The van der Waals surface area contributed by atoms with E-state index in [4.69, 9.17) is 4.74 Å². The van der Waals surface area contributed by atoms with Gasteiger partial charge in [-0.2, -0.15) is 4.98 Å². The van der Waals surface area contributed by atoms with E-state index in [1.165, 1.54) is 0 Å². The van der Waals surface area contributed by atoms with Crippen LogP contribution < -0.4 is 21.1 Å². The lowest BCUT2D eigenvalue weighted by Crippen LogP contribution is -2.37. The van der Waals surface area contributed by atoms with Crippen molar-refractivity contribution in [3.05, 3.63) is 11.3 Å². The molecule has 2 heterocycles. The van der Waals surface area contributed by atoms with Crippen molar-refractivity contribution in [1.29, 1.82) is 0 Å². The molecule has 0 spiro atoms. The van der Waals surface area contributed by atoms with E-state index in [0.29, 0.717) is 12.1 Å². The second kappa shape index (κ2) is 7.02. The van der Waals surface area contributed by atoms with E-state index in [0.717, 1.165) is 42.6 Å². The molecule has 7 heteroatoms. The van der Waals surface area contributed by atoms with Gasteiger partial charge in [0.25, 0.3) is 0 Å². The predicted octanol–water partition coefficient (Wildman–Crippen LogP) is 0.453. The molecule has 7 nitrogen and oxygen atoms in total. The van der Waals surface area contributed by atoms with Gasteiger partial charge in [0.2, 0.25) is 5.95 Å². The van der Waals surface area contributed by atoms with Crippen molar-refractivity contribution >= 4 is 11.8 Å². The number of nitrogens with zero attached hydrogens (tertiary/aromatic N) is 3. The molecular weight excluding hydrogens is 268 g/mol. The summed E-state index contributed by atoms with van der Waals surface area (Å²) < 4.78 is 5.16. The lowest BCUT2D eigenvalue weighted by Gasteiger charge is -2.17. The van der Waals surface area contributed by atoms with Gasteiger partial charge in [-0.3, -0.25) is 10.9 Å². The first-order valence-electron chi connectivity index (χ1n) is 7.27. The number of methoxy groups -OCH3 is 1. The Bertz CT molecular complexity index is 479. The van der Waals surface area contributed by atoms with E-state index < -0.39 is 0 Å². The predicted molar refractivity (Wildman–Crippen MR) is 84.7 cm³/mol. The molecule has 118 valence electrons. The molecule has 2 atom stereocenters. The highest BCUT2D eigenvalue weighted by atomic mass is 16.5. The maximum atomic E-state index is 5.16. The Morgan fingerprint density at radius 3 is 2.62 bits per heavy atom. The van der Waals surface area contributed by atoms with Crippen molar-refractivity contribution in [2.75, 3.05) is 44.6 Å². The number of aryl methyl sites for hydroxylation is 1. The van der Waals surface area contributed by atoms with Gasteiger partial charge >= 0.3 is 0 Å². The maximum absolute atomic E-state index is 5.16. The molecule has 0 radical (unpaired) electrons. The van der Waals surface area contributed by atoms with Crippen LogP contribution in [0.1, 0.15) is 17.7 Å². The molecule has 0 bridgehead atoms. The zero-order valence-electron chi connectivity index (χ0n) is 13.5. The van der Waals surface area contributed by atoms with E-state index in [-0.39, 0.29) is 0 Å². The smallest absolute Gasteiger partial charge is 0.227 e. The third-order valence-electron chi connectivity index (χ3n) is 3.72. The fourth-order valence-electron chi connectivity index (χ4n) is 2.35. The molecule has 0 amide bonds. The molecular formula is C14H26N6O. The van der Waals surface area contributed by atoms with E-state index in [2.05, 4.69) is 26.1 Å². The molecule has 1 saturated heterocycles. The number of anilines is 2. The van der Waals surface area contributed by atoms with Gasteiger partial charge in [0.15, 0.2) is 0 Å². The summed E-state index contributed by atoms with van der Waals surface area (Å²) in [5, 5.41) is 3.43. The summed E-state index contributed by atoms with van der Waals surface area (Å²) in [6.45, 7) is 5.60. The van der Waals surface area contributed by atoms with E-state index in [9.17, 15) is 0 Å². The van der Waals surface area contributed by atoms with Crippen molar-refractivity contribution in [3.8, 4) is 0 Å². The fraction of sp³-hybridized carbons (Fsp3) is 0.714. The quantitative estimate of drug-likeness (QED) is 0.703. The summed E-state index contributed by atoms with van der Waals surface area (Å²) >= 11 is 0. The van der Waals surface area contributed by atoms with Crippen molar-refractivity contribution in [3.63, 3.8) is 0 Å². The Hall–Kier alpha value is -1.44. The van der Waals surface area contributed by atoms with Gasteiger partial charge in [0, 0.05) is 51.1 Å². The van der Waals surface area contributed by atoms with Gasteiger partial charge < -0.3 is 15.0 Å². The highest BCUT2D eigenvalue weighted by Gasteiger charge is 2.23. The molecule has 21 heavy (non-hydrogen) atoms. The molecule has 1 aliphatic heterocycles. The largest absolute Gasteiger partial charge is 0.383 e. The number of ether oxygens (including phenoxy) is 1. The number of rotatable bonds is 6. The monoisotopic (exact) mass is 294 g/mol. The lowest BCUT2D eigenvalue weighted by atomic mass is 10.1. The van der Waals surface area contributed by atoms with Crippen LogP contribution >= 0.6 is 0 Å². The third kappa shape index (κ3) is 4.03. The first-order chi connectivity index (χ1) is 10.0. The van der Waals surface area contributed by atoms with Crippen LogP contribution in [-0.2, 0) is 4.74 Å². The van der Waals surface area contributed by atoms with E-state index in [1.54, 1.807) is 7.11 Å². The van der Waals surface area contributed by atoms with Crippen molar-refractivity contribution in [2.24, 2.45) is 0 Å². The van der Waals surface area contributed by atoms with Gasteiger partial charge in [-0.15, -0.1) is 0 Å². The minimum Gasteiger partial charge on any atom is -0.383 e. The second-order valence-electron chi connectivity index (χ2n) is 5.73. The number of hydrogen-bond acceptors (Lipinski definition) is 7. The van der Waals surface area contributed by atoms with Crippen molar-refractivity contribution in [1.82, 2.24) is 20.8 Å².